The molecule has 0 amide bonds. The smallest absolute Gasteiger partial charge is 0.146 e. The van der Waals surface area contributed by atoms with Gasteiger partial charge in [0.2, 0.25) is 0 Å². The molecule has 2 heteroatoms. The third-order valence-corrected chi connectivity index (χ3v) is 2.68. The summed E-state index contributed by atoms with van der Waals surface area (Å²) in [4.78, 5) is 0. The Hall–Kier alpha value is -0.0800. The summed E-state index contributed by atoms with van der Waals surface area (Å²) in [6, 6.07) is 0. The Kier molecular flexibility index (Phi) is 1.66. The van der Waals surface area contributed by atoms with Crippen LogP contribution in [0.2, 0.25) is 0 Å². The molecule has 0 aromatic rings. The molecule has 58 valence electrons. The van der Waals surface area contributed by atoms with Crippen LogP contribution in [-0.4, -0.2) is 20.0 Å². The summed E-state index contributed by atoms with van der Waals surface area (Å²) >= 11 is 0. The van der Waals surface area contributed by atoms with Crippen LogP contribution < -0.4 is 0 Å². The summed E-state index contributed by atoms with van der Waals surface area (Å²) in [6.45, 7) is 0.480. The Balaban J connectivity index is 1.72. The molecule has 2 fully saturated rings. The van der Waals surface area contributed by atoms with Gasteiger partial charge in [0.1, 0.15) is 6.79 Å². The predicted molar refractivity (Wildman–Crippen MR) is 37.6 cm³/mol. The standard InChI is InChI=1S/C8H14O2/c1-9-5-10-8-3-2-6-4-7(6)8/h6-8H,2-5H2,1H3/t6-,7-,8+/m1/s1. The first kappa shape index (κ1) is 6.62. The van der Waals surface area contributed by atoms with Gasteiger partial charge >= 0.3 is 0 Å². The summed E-state index contributed by atoms with van der Waals surface area (Å²) in [6.07, 6.45) is 4.59. The van der Waals surface area contributed by atoms with Gasteiger partial charge in [-0.15, -0.1) is 0 Å². The van der Waals surface area contributed by atoms with Crippen LogP contribution in [0.3, 0.4) is 0 Å². The van der Waals surface area contributed by atoms with Gasteiger partial charge in [-0.25, -0.2) is 0 Å². The number of hydrogen-bond acceptors (Lipinski definition) is 2. The lowest BCUT2D eigenvalue weighted by Gasteiger charge is -2.11. The van der Waals surface area contributed by atoms with Gasteiger partial charge in [0, 0.05) is 7.11 Å². The molecule has 0 radical (unpaired) electrons. The molecule has 0 aromatic carbocycles. The number of ether oxygens (including phenoxy) is 2. The van der Waals surface area contributed by atoms with Crippen molar-refractivity contribution in [2.24, 2.45) is 11.8 Å². The molecule has 2 aliphatic carbocycles. The summed E-state index contributed by atoms with van der Waals surface area (Å²) in [5.74, 6) is 1.91. The molecule has 0 saturated heterocycles. The van der Waals surface area contributed by atoms with E-state index in [0.717, 1.165) is 11.8 Å². The first-order valence-corrected chi connectivity index (χ1v) is 4.02. The van der Waals surface area contributed by atoms with Gasteiger partial charge in [0.15, 0.2) is 0 Å². The molecule has 0 bridgehead atoms. The number of rotatable bonds is 3. The third kappa shape index (κ3) is 1.06. The van der Waals surface area contributed by atoms with Crippen LogP contribution in [0.4, 0.5) is 0 Å². The predicted octanol–water partition coefficient (Wildman–Crippen LogP) is 1.41. The molecule has 3 atom stereocenters. The van der Waals surface area contributed by atoms with E-state index in [9.17, 15) is 0 Å². The molecular formula is C8H14O2. The molecule has 2 aliphatic rings. The number of fused-ring (bicyclic) bond motifs is 1. The molecule has 2 rings (SSSR count). The average Bonchev–Trinajstić information content (AvgIpc) is 2.63. The van der Waals surface area contributed by atoms with Crippen molar-refractivity contribution < 1.29 is 9.47 Å². The largest absolute Gasteiger partial charge is 0.359 e. The van der Waals surface area contributed by atoms with E-state index in [2.05, 4.69) is 0 Å². The Morgan fingerprint density at radius 3 is 2.80 bits per heavy atom. The van der Waals surface area contributed by atoms with Crippen LogP contribution in [0.5, 0.6) is 0 Å². The maximum atomic E-state index is 5.48. The molecule has 0 aromatic heterocycles. The van der Waals surface area contributed by atoms with Gasteiger partial charge < -0.3 is 9.47 Å². The molecule has 0 N–H and O–H groups in total. The van der Waals surface area contributed by atoms with Crippen LogP contribution in [-0.2, 0) is 9.47 Å². The van der Waals surface area contributed by atoms with Gasteiger partial charge in [0.05, 0.1) is 6.10 Å². The lowest BCUT2D eigenvalue weighted by molar-refractivity contribution is -0.0760. The van der Waals surface area contributed by atoms with Crippen LogP contribution in [0.15, 0.2) is 0 Å². The van der Waals surface area contributed by atoms with E-state index >= 15 is 0 Å². The Labute approximate surface area is 61.5 Å². The van der Waals surface area contributed by atoms with E-state index < -0.39 is 0 Å². The third-order valence-electron chi connectivity index (χ3n) is 2.68. The molecule has 0 heterocycles. The second-order valence-electron chi connectivity index (χ2n) is 3.35. The van der Waals surface area contributed by atoms with Crippen molar-refractivity contribution in [2.45, 2.75) is 25.4 Å². The highest BCUT2D eigenvalue weighted by Gasteiger charge is 2.48. The van der Waals surface area contributed by atoms with Crippen molar-refractivity contribution in [3.05, 3.63) is 0 Å². The maximum Gasteiger partial charge on any atom is 0.146 e. The van der Waals surface area contributed by atoms with Gasteiger partial charge in [0.25, 0.3) is 0 Å². The fraction of sp³-hybridized carbons (Fsp3) is 1.00. The summed E-state index contributed by atoms with van der Waals surface area (Å²) < 4.78 is 10.3. The van der Waals surface area contributed by atoms with E-state index in [0.29, 0.717) is 12.9 Å². The summed E-state index contributed by atoms with van der Waals surface area (Å²) in [5.41, 5.74) is 0. The van der Waals surface area contributed by atoms with Crippen LogP contribution in [0.1, 0.15) is 19.3 Å². The fourth-order valence-corrected chi connectivity index (χ4v) is 2.01. The first-order valence-electron chi connectivity index (χ1n) is 4.02. The summed E-state index contributed by atoms with van der Waals surface area (Å²) in [5, 5.41) is 0. The van der Waals surface area contributed by atoms with Crippen molar-refractivity contribution in [3.8, 4) is 0 Å². The van der Waals surface area contributed by atoms with E-state index in [1.807, 2.05) is 0 Å². The van der Waals surface area contributed by atoms with Gasteiger partial charge in [-0.05, 0) is 31.1 Å². The van der Waals surface area contributed by atoms with E-state index in [4.69, 9.17) is 9.47 Å². The lowest BCUT2D eigenvalue weighted by Crippen LogP contribution is -2.13. The fourth-order valence-electron chi connectivity index (χ4n) is 2.01. The van der Waals surface area contributed by atoms with Gasteiger partial charge in [-0.3, -0.25) is 0 Å². The molecule has 2 nitrogen and oxygen atoms in total. The highest BCUT2D eigenvalue weighted by atomic mass is 16.7. The Morgan fingerprint density at radius 1 is 1.40 bits per heavy atom. The topological polar surface area (TPSA) is 18.5 Å². The zero-order valence-corrected chi connectivity index (χ0v) is 6.38. The minimum Gasteiger partial charge on any atom is -0.359 e. The monoisotopic (exact) mass is 142 g/mol. The van der Waals surface area contributed by atoms with Gasteiger partial charge in [-0.1, -0.05) is 0 Å². The first-order chi connectivity index (χ1) is 4.92. The van der Waals surface area contributed by atoms with Gasteiger partial charge in [-0.2, -0.15) is 0 Å². The second-order valence-corrected chi connectivity index (χ2v) is 3.35. The van der Waals surface area contributed by atoms with E-state index in [1.54, 1.807) is 7.11 Å². The SMILES string of the molecule is COCO[C@H]1CC[C@@H]2C[C@H]21. The normalized spacial score (nSPS) is 43.5. The van der Waals surface area contributed by atoms with Crippen LogP contribution in [0, 0.1) is 11.8 Å². The molecule has 0 aliphatic heterocycles. The van der Waals surface area contributed by atoms with Crippen LogP contribution >= 0.6 is 0 Å². The highest BCUT2D eigenvalue weighted by Crippen LogP contribution is 2.52. The van der Waals surface area contributed by atoms with E-state index in [1.165, 1.54) is 19.3 Å². The molecule has 2 saturated carbocycles. The summed E-state index contributed by atoms with van der Waals surface area (Å²) in [7, 11) is 1.68. The Bertz CT molecular complexity index is 124. The minimum absolute atomic E-state index is 0.480. The number of hydrogen-bond donors (Lipinski definition) is 0. The van der Waals surface area contributed by atoms with Crippen LogP contribution in [0.25, 0.3) is 0 Å². The Morgan fingerprint density at radius 2 is 2.30 bits per heavy atom. The second kappa shape index (κ2) is 2.51. The van der Waals surface area contributed by atoms with E-state index in [-0.39, 0.29) is 0 Å². The average molecular weight is 142 g/mol. The van der Waals surface area contributed by atoms with Crippen molar-refractivity contribution in [3.63, 3.8) is 0 Å². The maximum absolute atomic E-state index is 5.48. The highest BCUT2D eigenvalue weighted by molar-refractivity contribution is 4.98. The molecular weight excluding hydrogens is 128 g/mol. The molecule has 10 heavy (non-hydrogen) atoms. The number of methoxy groups -OCH3 is 1. The molecule has 0 spiro atoms. The minimum atomic E-state index is 0.480. The quantitative estimate of drug-likeness (QED) is 0.554. The lowest BCUT2D eigenvalue weighted by atomic mass is 10.2. The van der Waals surface area contributed by atoms with Crippen molar-refractivity contribution in [1.29, 1.82) is 0 Å². The van der Waals surface area contributed by atoms with Crippen molar-refractivity contribution in [1.82, 2.24) is 0 Å². The molecule has 0 unspecified atom stereocenters. The zero-order chi connectivity index (χ0) is 6.97. The van der Waals surface area contributed by atoms with Crippen molar-refractivity contribution >= 4 is 0 Å². The zero-order valence-electron chi connectivity index (χ0n) is 6.38. The van der Waals surface area contributed by atoms with Crippen molar-refractivity contribution in [2.75, 3.05) is 13.9 Å².